The Kier molecular flexibility index (Phi) is 1.28. The van der Waals surface area contributed by atoms with Gasteiger partial charge in [-0.25, -0.2) is 0 Å². The first-order valence-corrected chi connectivity index (χ1v) is 3.94. The first-order valence-electron chi connectivity index (χ1n) is 3.94. The summed E-state index contributed by atoms with van der Waals surface area (Å²) in [6.07, 6.45) is 0. The Labute approximate surface area is 71.2 Å². The van der Waals surface area contributed by atoms with Crippen LogP contribution in [0.2, 0.25) is 0 Å². The summed E-state index contributed by atoms with van der Waals surface area (Å²) in [7, 11) is 0. The van der Waals surface area contributed by atoms with E-state index in [0.717, 1.165) is 11.3 Å². The zero-order chi connectivity index (χ0) is 8.77. The van der Waals surface area contributed by atoms with Crippen LogP contribution in [-0.4, -0.2) is 5.78 Å². The molecule has 2 nitrogen and oxygen atoms in total. The smallest absolute Gasteiger partial charge is 0.192 e. The fraction of sp³-hybridized carbons (Fsp3) is 0.300. The number of ether oxygens (including phenoxy) is 1. The van der Waals surface area contributed by atoms with Crippen molar-refractivity contribution in [3.63, 3.8) is 0 Å². The molecule has 0 saturated heterocycles. The third kappa shape index (κ3) is 0.721. The van der Waals surface area contributed by atoms with Gasteiger partial charge in [-0.2, -0.15) is 0 Å². The van der Waals surface area contributed by atoms with Gasteiger partial charge in [-0.1, -0.05) is 18.2 Å². The van der Waals surface area contributed by atoms with Crippen LogP contribution in [0.25, 0.3) is 0 Å². The Morgan fingerprint density at radius 2 is 2.08 bits per heavy atom. The van der Waals surface area contributed by atoms with E-state index in [0.29, 0.717) is 0 Å². The van der Waals surface area contributed by atoms with Gasteiger partial charge in [-0.05, 0) is 19.9 Å². The minimum absolute atomic E-state index is 0.0567. The summed E-state index contributed by atoms with van der Waals surface area (Å²) >= 11 is 0. The maximum absolute atomic E-state index is 11.2. The molecule has 0 aromatic heterocycles. The number of para-hydroxylation sites is 1. The number of carbonyl (C=O) groups is 1. The summed E-state index contributed by atoms with van der Waals surface area (Å²) in [6.45, 7) is 3.35. The molecule has 1 aliphatic heterocycles. The topological polar surface area (TPSA) is 26.3 Å². The fourth-order valence-electron chi connectivity index (χ4n) is 1.44. The summed E-state index contributed by atoms with van der Waals surface area (Å²) in [5, 5.41) is 0. The lowest BCUT2D eigenvalue weighted by atomic mass is 9.86. The first-order chi connectivity index (χ1) is 5.64. The predicted octanol–water partition coefficient (Wildman–Crippen LogP) is 1.88. The number of fused-ring (bicyclic) bond motifs is 1. The van der Waals surface area contributed by atoms with Gasteiger partial charge in [0.15, 0.2) is 11.4 Å². The molecule has 0 bridgehead atoms. The lowest BCUT2D eigenvalue weighted by Gasteiger charge is -2.39. The number of ketones is 1. The summed E-state index contributed by atoms with van der Waals surface area (Å²) in [5.74, 6) is 0.886. The molecule has 1 aromatic rings. The molecule has 1 atom stereocenters. The molecule has 2 heteroatoms. The van der Waals surface area contributed by atoms with E-state index >= 15 is 0 Å². The van der Waals surface area contributed by atoms with Crippen molar-refractivity contribution in [1.29, 1.82) is 0 Å². The van der Waals surface area contributed by atoms with Gasteiger partial charge in [0, 0.05) is 5.56 Å². The van der Waals surface area contributed by atoms with Gasteiger partial charge in [0.05, 0.1) is 0 Å². The quantitative estimate of drug-likeness (QED) is 0.630. The highest BCUT2D eigenvalue weighted by atomic mass is 16.5. The average Bonchev–Trinajstić information content (AvgIpc) is 2.02. The zero-order valence-electron chi connectivity index (χ0n) is 7.13. The average molecular weight is 162 g/mol. The molecule has 62 valence electrons. The van der Waals surface area contributed by atoms with Crippen LogP contribution < -0.4 is 4.74 Å². The lowest BCUT2D eigenvalue weighted by Crippen LogP contribution is -2.44. The van der Waals surface area contributed by atoms with Crippen molar-refractivity contribution in [1.82, 2.24) is 0 Å². The SMILES string of the molecule is CC(=O)C1(C)Oc2ccccc21. The Bertz CT molecular complexity index is 343. The van der Waals surface area contributed by atoms with E-state index in [1.54, 1.807) is 13.8 Å². The first kappa shape index (κ1) is 7.35. The lowest BCUT2D eigenvalue weighted by molar-refractivity contribution is -0.135. The van der Waals surface area contributed by atoms with Crippen molar-refractivity contribution in [3.05, 3.63) is 29.8 Å². The zero-order valence-corrected chi connectivity index (χ0v) is 7.13. The van der Waals surface area contributed by atoms with Crippen molar-refractivity contribution in [2.24, 2.45) is 0 Å². The van der Waals surface area contributed by atoms with Crippen molar-refractivity contribution >= 4 is 5.78 Å². The molecule has 1 unspecified atom stereocenters. The minimum Gasteiger partial charge on any atom is -0.474 e. The standard InChI is InChI=1S/C10H10O2/c1-7(11)10(2)8-5-3-4-6-9(8)12-10/h3-6H,1-2H3. The molecule has 0 radical (unpaired) electrons. The molecule has 0 amide bonds. The molecule has 0 N–H and O–H groups in total. The molecule has 1 aliphatic rings. The Hall–Kier alpha value is -1.31. The molecular weight excluding hydrogens is 152 g/mol. The highest BCUT2D eigenvalue weighted by molar-refractivity contribution is 5.89. The second kappa shape index (κ2) is 2.09. The van der Waals surface area contributed by atoms with Gasteiger partial charge >= 0.3 is 0 Å². The van der Waals surface area contributed by atoms with Crippen LogP contribution in [0, 0.1) is 0 Å². The second-order valence-corrected chi connectivity index (χ2v) is 3.19. The maximum Gasteiger partial charge on any atom is 0.192 e. The van der Waals surface area contributed by atoms with Gasteiger partial charge < -0.3 is 4.74 Å². The molecule has 1 heterocycles. The maximum atomic E-state index is 11.2. The van der Waals surface area contributed by atoms with E-state index in [-0.39, 0.29) is 5.78 Å². The number of carbonyl (C=O) groups excluding carboxylic acids is 1. The molecule has 0 fully saturated rings. The van der Waals surface area contributed by atoms with Crippen molar-refractivity contribution in [2.45, 2.75) is 19.4 Å². The van der Waals surface area contributed by atoms with Gasteiger partial charge in [-0.15, -0.1) is 0 Å². The summed E-state index contributed by atoms with van der Waals surface area (Å²) in [5.41, 5.74) is 0.314. The van der Waals surface area contributed by atoms with Crippen LogP contribution in [0.1, 0.15) is 19.4 Å². The Morgan fingerprint density at radius 3 is 2.67 bits per heavy atom. The Balaban J connectivity index is 2.48. The van der Waals surface area contributed by atoms with E-state index in [1.165, 1.54) is 0 Å². The molecule has 0 saturated carbocycles. The molecule has 0 aliphatic carbocycles. The summed E-state index contributed by atoms with van der Waals surface area (Å²) in [6, 6.07) is 7.63. The fourth-order valence-corrected chi connectivity index (χ4v) is 1.44. The van der Waals surface area contributed by atoms with Crippen LogP contribution >= 0.6 is 0 Å². The van der Waals surface area contributed by atoms with Crippen LogP contribution in [0.3, 0.4) is 0 Å². The highest BCUT2D eigenvalue weighted by Gasteiger charge is 2.44. The van der Waals surface area contributed by atoms with Crippen LogP contribution in [-0.2, 0) is 10.4 Å². The number of Topliss-reactive ketones (excluding diaryl/α,β-unsaturated/α-hetero) is 1. The van der Waals surface area contributed by atoms with E-state index in [1.807, 2.05) is 24.3 Å². The largest absolute Gasteiger partial charge is 0.474 e. The molecular formula is C10H10O2. The predicted molar refractivity (Wildman–Crippen MR) is 45.1 cm³/mol. The molecule has 0 spiro atoms. The number of rotatable bonds is 1. The van der Waals surface area contributed by atoms with Crippen LogP contribution in [0.15, 0.2) is 24.3 Å². The van der Waals surface area contributed by atoms with Gasteiger partial charge in [0.2, 0.25) is 0 Å². The third-order valence-corrected chi connectivity index (χ3v) is 2.39. The van der Waals surface area contributed by atoms with Crippen molar-refractivity contribution in [3.8, 4) is 5.75 Å². The minimum atomic E-state index is -0.684. The van der Waals surface area contributed by atoms with Gasteiger partial charge in [0.25, 0.3) is 0 Å². The normalized spacial score (nSPS) is 25.2. The van der Waals surface area contributed by atoms with Crippen LogP contribution in [0.5, 0.6) is 5.75 Å². The summed E-state index contributed by atoms with van der Waals surface area (Å²) < 4.78 is 5.38. The van der Waals surface area contributed by atoms with Gasteiger partial charge in [0.1, 0.15) is 5.75 Å². The molecule has 12 heavy (non-hydrogen) atoms. The van der Waals surface area contributed by atoms with E-state index in [2.05, 4.69) is 0 Å². The second-order valence-electron chi connectivity index (χ2n) is 3.19. The highest BCUT2D eigenvalue weighted by Crippen LogP contribution is 2.43. The van der Waals surface area contributed by atoms with Crippen LogP contribution in [0.4, 0.5) is 0 Å². The van der Waals surface area contributed by atoms with Gasteiger partial charge in [-0.3, -0.25) is 4.79 Å². The number of hydrogen-bond acceptors (Lipinski definition) is 2. The van der Waals surface area contributed by atoms with E-state index in [4.69, 9.17) is 4.74 Å². The number of hydrogen-bond donors (Lipinski definition) is 0. The van der Waals surface area contributed by atoms with Crippen molar-refractivity contribution < 1.29 is 9.53 Å². The van der Waals surface area contributed by atoms with Crippen molar-refractivity contribution in [2.75, 3.05) is 0 Å². The van der Waals surface area contributed by atoms with E-state index in [9.17, 15) is 4.79 Å². The van der Waals surface area contributed by atoms with E-state index < -0.39 is 5.60 Å². The summed E-state index contributed by atoms with van der Waals surface area (Å²) in [4.78, 5) is 11.2. The monoisotopic (exact) mass is 162 g/mol. The Morgan fingerprint density at radius 1 is 1.42 bits per heavy atom. The third-order valence-electron chi connectivity index (χ3n) is 2.39. The molecule has 2 rings (SSSR count). The number of benzene rings is 1. The molecule has 1 aromatic carbocycles.